The van der Waals surface area contributed by atoms with Gasteiger partial charge in [0.25, 0.3) is 5.91 Å². The van der Waals surface area contributed by atoms with Gasteiger partial charge >= 0.3 is 0 Å². The first-order valence-electron chi connectivity index (χ1n) is 6.75. The van der Waals surface area contributed by atoms with Crippen LogP contribution in [-0.2, 0) is 14.4 Å². The molecule has 2 aliphatic rings. The number of halogens is 1. The monoisotopic (exact) mass is 318 g/mol. The number of anilines is 1. The molecule has 0 spiro atoms. The van der Waals surface area contributed by atoms with Gasteiger partial charge in [0, 0.05) is 5.02 Å². The molecule has 1 aromatic heterocycles. The molecule has 2 saturated heterocycles. The molecular formula is C15H11ClN2O4. The Morgan fingerprint density at radius 3 is 2.55 bits per heavy atom. The molecule has 0 unspecified atom stereocenters. The van der Waals surface area contributed by atoms with E-state index in [0.29, 0.717) is 16.5 Å². The van der Waals surface area contributed by atoms with Crippen LogP contribution in [0.1, 0.15) is 11.8 Å². The molecule has 2 fully saturated rings. The zero-order valence-electron chi connectivity index (χ0n) is 11.2. The molecule has 7 heteroatoms. The minimum atomic E-state index is -0.849. The number of hydrogen-bond acceptors (Lipinski definition) is 5. The van der Waals surface area contributed by atoms with E-state index in [9.17, 15) is 9.59 Å². The molecule has 0 bridgehead atoms. The maximum absolute atomic E-state index is 12.1. The second kappa shape index (κ2) is 4.86. The lowest BCUT2D eigenvalue weighted by Gasteiger charge is -2.25. The minimum absolute atomic E-state index is 0.354. The van der Waals surface area contributed by atoms with E-state index in [-0.39, 0.29) is 5.91 Å². The van der Waals surface area contributed by atoms with E-state index < -0.39 is 24.0 Å². The molecule has 2 aromatic rings. The number of nitrogens with zero attached hydrogens (tertiary/aromatic N) is 1. The van der Waals surface area contributed by atoms with Gasteiger partial charge in [-0.25, -0.2) is 5.06 Å². The summed E-state index contributed by atoms with van der Waals surface area (Å²) >= 11 is 5.90. The second-order valence-corrected chi connectivity index (χ2v) is 5.60. The lowest BCUT2D eigenvalue weighted by Crippen LogP contribution is -2.33. The highest BCUT2D eigenvalue weighted by molar-refractivity contribution is 6.30. The van der Waals surface area contributed by atoms with Crippen molar-refractivity contribution >= 4 is 29.1 Å². The van der Waals surface area contributed by atoms with Crippen molar-refractivity contribution in [2.45, 2.75) is 12.1 Å². The number of furan rings is 1. The van der Waals surface area contributed by atoms with Gasteiger partial charge in [0.2, 0.25) is 5.91 Å². The van der Waals surface area contributed by atoms with E-state index in [1.165, 1.54) is 6.26 Å². The summed E-state index contributed by atoms with van der Waals surface area (Å²) < 4.78 is 5.45. The van der Waals surface area contributed by atoms with Crippen LogP contribution in [0.15, 0.2) is 47.1 Å². The number of benzene rings is 1. The Morgan fingerprint density at radius 2 is 1.86 bits per heavy atom. The molecule has 2 amide bonds. The van der Waals surface area contributed by atoms with Crippen LogP contribution in [0.2, 0.25) is 5.02 Å². The van der Waals surface area contributed by atoms with Crippen LogP contribution >= 0.6 is 11.6 Å². The van der Waals surface area contributed by atoms with Crippen molar-refractivity contribution in [2.75, 3.05) is 5.06 Å². The van der Waals surface area contributed by atoms with Gasteiger partial charge in [-0.2, -0.15) is 0 Å². The number of hydrogen-bond donors (Lipinski definition) is 1. The summed E-state index contributed by atoms with van der Waals surface area (Å²) in [6, 6.07) is 9.95. The summed E-state index contributed by atoms with van der Waals surface area (Å²) in [4.78, 5) is 29.7. The van der Waals surface area contributed by atoms with E-state index >= 15 is 0 Å². The molecule has 3 atom stereocenters. The molecule has 6 nitrogen and oxygen atoms in total. The van der Waals surface area contributed by atoms with Crippen molar-refractivity contribution in [1.82, 2.24) is 5.32 Å². The average Bonchev–Trinajstić information content (AvgIpc) is 3.19. The van der Waals surface area contributed by atoms with Gasteiger partial charge in [0.05, 0.1) is 12.0 Å². The van der Waals surface area contributed by atoms with Gasteiger partial charge in [0.1, 0.15) is 17.7 Å². The molecule has 22 heavy (non-hydrogen) atoms. The maximum atomic E-state index is 12.1. The number of carbonyl (C=O) groups is 2. The summed E-state index contributed by atoms with van der Waals surface area (Å²) in [5, 5.41) is 4.43. The lowest BCUT2D eigenvalue weighted by atomic mass is 9.94. The van der Waals surface area contributed by atoms with E-state index in [4.69, 9.17) is 20.9 Å². The standard InChI is InChI=1S/C15H11ClN2O4/c16-8-3-5-9(6-4-8)18-12(10-2-1-7-21-10)11-13(22-18)15(20)17-14(11)19/h1-7,11-13H,(H,17,19,20)/t11-,12-,13+/m1/s1. The summed E-state index contributed by atoms with van der Waals surface area (Å²) in [6.07, 6.45) is 0.676. The van der Waals surface area contributed by atoms with Gasteiger partial charge < -0.3 is 4.42 Å². The molecule has 3 heterocycles. The predicted molar refractivity (Wildman–Crippen MR) is 76.9 cm³/mol. The molecule has 4 rings (SSSR count). The van der Waals surface area contributed by atoms with E-state index in [0.717, 1.165) is 0 Å². The Bertz CT molecular complexity index is 729. The highest BCUT2D eigenvalue weighted by atomic mass is 35.5. The maximum Gasteiger partial charge on any atom is 0.259 e. The van der Waals surface area contributed by atoms with Gasteiger partial charge in [-0.05, 0) is 36.4 Å². The first-order valence-corrected chi connectivity index (χ1v) is 7.12. The SMILES string of the molecule is O=C1NC(=O)[C@H]2ON(c3ccc(Cl)cc3)[C@H](c3ccco3)[C@@H]12. The van der Waals surface area contributed by atoms with Crippen LogP contribution in [0.5, 0.6) is 0 Å². The number of rotatable bonds is 2. The number of amides is 2. The zero-order valence-corrected chi connectivity index (χ0v) is 12.0. The minimum Gasteiger partial charge on any atom is -0.467 e. The van der Waals surface area contributed by atoms with Crippen LogP contribution in [0.4, 0.5) is 5.69 Å². The van der Waals surface area contributed by atoms with E-state index in [2.05, 4.69) is 5.32 Å². The first kappa shape index (κ1) is 13.4. The number of hydroxylamine groups is 1. The van der Waals surface area contributed by atoms with Crippen LogP contribution in [-0.4, -0.2) is 17.9 Å². The van der Waals surface area contributed by atoms with Gasteiger partial charge in [-0.1, -0.05) is 11.6 Å². The van der Waals surface area contributed by atoms with Gasteiger partial charge in [-0.3, -0.25) is 19.7 Å². The molecule has 1 N–H and O–H groups in total. The molecule has 112 valence electrons. The van der Waals surface area contributed by atoms with Crippen molar-refractivity contribution in [3.05, 3.63) is 53.4 Å². The summed E-state index contributed by atoms with van der Waals surface area (Å²) in [5.74, 6) is -0.863. The number of imide groups is 1. The van der Waals surface area contributed by atoms with Crippen molar-refractivity contribution in [3.63, 3.8) is 0 Å². The number of nitrogens with one attached hydrogen (secondary N) is 1. The van der Waals surface area contributed by atoms with E-state index in [1.54, 1.807) is 41.5 Å². The van der Waals surface area contributed by atoms with Gasteiger partial charge in [0.15, 0.2) is 6.10 Å². The van der Waals surface area contributed by atoms with Crippen molar-refractivity contribution < 1.29 is 18.8 Å². The fraction of sp³-hybridized carbons (Fsp3) is 0.200. The zero-order chi connectivity index (χ0) is 15.3. The molecule has 1 aromatic carbocycles. The number of carbonyl (C=O) groups excluding carboxylic acids is 2. The van der Waals surface area contributed by atoms with Crippen LogP contribution < -0.4 is 10.4 Å². The first-order chi connectivity index (χ1) is 10.6. The molecule has 0 saturated carbocycles. The molecular weight excluding hydrogens is 308 g/mol. The summed E-state index contributed by atoms with van der Waals surface area (Å²) in [7, 11) is 0. The second-order valence-electron chi connectivity index (χ2n) is 5.17. The van der Waals surface area contributed by atoms with Crippen molar-refractivity contribution in [1.29, 1.82) is 0 Å². The third-order valence-corrected chi connectivity index (χ3v) is 4.12. The van der Waals surface area contributed by atoms with Crippen molar-refractivity contribution in [2.24, 2.45) is 5.92 Å². The van der Waals surface area contributed by atoms with E-state index in [1.807, 2.05) is 0 Å². The summed E-state index contributed by atoms with van der Waals surface area (Å²) in [6.45, 7) is 0. The smallest absolute Gasteiger partial charge is 0.259 e. The Labute approximate surface area is 130 Å². The molecule has 2 aliphatic heterocycles. The lowest BCUT2D eigenvalue weighted by molar-refractivity contribution is -0.129. The third-order valence-electron chi connectivity index (χ3n) is 3.87. The average molecular weight is 319 g/mol. The fourth-order valence-corrected chi connectivity index (χ4v) is 3.02. The summed E-state index contributed by atoms with van der Waals surface area (Å²) in [5.41, 5.74) is 0.695. The fourth-order valence-electron chi connectivity index (χ4n) is 2.89. The largest absolute Gasteiger partial charge is 0.467 e. The Kier molecular flexibility index (Phi) is 2.95. The quantitative estimate of drug-likeness (QED) is 0.858. The highest BCUT2D eigenvalue weighted by Gasteiger charge is 2.57. The molecule has 0 radical (unpaired) electrons. The Hall–Kier alpha value is -2.31. The Balaban J connectivity index is 1.78. The highest BCUT2D eigenvalue weighted by Crippen LogP contribution is 2.44. The van der Waals surface area contributed by atoms with Crippen molar-refractivity contribution in [3.8, 4) is 0 Å². The topological polar surface area (TPSA) is 71.8 Å². The Morgan fingerprint density at radius 1 is 1.09 bits per heavy atom. The normalized spacial score (nSPS) is 27.1. The van der Waals surface area contributed by atoms with Crippen LogP contribution in [0, 0.1) is 5.92 Å². The predicted octanol–water partition coefficient (Wildman–Crippen LogP) is 2.07. The van der Waals surface area contributed by atoms with Gasteiger partial charge in [-0.15, -0.1) is 0 Å². The molecule has 0 aliphatic carbocycles. The number of fused-ring (bicyclic) bond motifs is 1. The third kappa shape index (κ3) is 1.92. The van der Waals surface area contributed by atoms with Crippen LogP contribution in [0.25, 0.3) is 0 Å². The van der Waals surface area contributed by atoms with Crippen LogP contribution in [0.3, 0.4) is 0 Å².